The van der Waals surface area contributed by atoms with Crippen LogP contribution in [0.5, 0.6) is 0 Å². The lowest BCUT2D eigenvalue weighted by molar-refractivity contribution is 0.262. The van der Waals surface area contributed by atoms with E-state index >= 15 is 0 Å². The fourth-order valence-electron chi connectivity index (χ4n) is 2.45. The van der Waals surface area contributed by atoms with E-state index in [1.165, 1.54) is 30.9 Å². The molecule has 90 valence electrons. The Labute approximate surface area is 99.8 Å². The zero-order valence-corrected chi connectivity index (χ0v) is 11.6. The van der Waals surface area contributed by atoms with Gasteiger partial charge < -0.3 is 5.32 Å². The predicted octanol–water partition coefficient (Wildman–Crippen LogP) is 3.40. The van der Waals surface area contributed by atoms with Crippen LogP contribution in [0.2, 0.25) is 0 Å². The summed E-state index contributed by atoms with van der Waals surface area (Å²) in [7, 11) is 0. The number of hydrogen-bond donors (Lipinski definition) is 1. The quantitative estimate of drug-likeness (QED) is 0.775. The molecule has 15 heavy (non-hydrogen) atoms. The van der Waals surface area contributed by atoms with Crippen LogP contribution in [-0.4, -0.2) is 24.1 Å². The van der Waals surface area contributed by atoms with Crippen LogP contribution in [0.4, 0.5) is 0 Å². The van der Waals surface area contributed by atoms with Crippen LogP contribution < -0.4 is 5.32 Å². The first-order valence-electron chi connectivity index (χ1n) is 6.42. The molecule has 1 aliphatic heterocycles. The largest absolute Gasteiger partial charge is 0.314 e. The van der Waals surface area contributed by atoms with Gasteiger partial charge in [0.15, 0.2) is 0 Å². The molecular weight excluding hydrogens is 202 g/mol. The first-order valence-corrected chi connectivity index (χ1v) is 7.58. The van der Waals surface area contributed by atoms with Crippen LogP contribution in [0.3, 0.4) is 0 Å². The predicted molar refractivity (Wildman–Crippen MR) is 71.5 cm³/mol. The third-order valence-electron chi connectivity index (χ3n) is 3.58. The van der Waals surface area contributed by atoms with Gasteiger partial charge in [0.05, 0.1) is 0 Å². The van der Waals surface area contributed by atoms with E-state index in [0.717, 1.165) is 23.8 Å². The topological polar surface area (TPSA) is 12.0 Å². The summed E-state index contributed by atoms with van der Waals surface area (Å²) in [4.78, 5) is 0. The van der Waals surface area contributed by atoms with Gasteiger partial charge in [-0.25, -0.2) is 0 Å². The smallest absolute Gasteiger partial charge is 0.00828 e. The minimum atomic E-state index is 0.797. The molecule has 0 aromatic carbocycles. The molecule has 0 unspecified atom stereocenters. The Morgan fingerprint density at radius 3 is 2.07 bits per heavy atom. The molecule has 1 N–H and O–H groups in total. The molecule has 2 heteroatoms. The van der Waals surface area contributed by atoms with Gasteiger partial charge in [-0.1, -0.05) is 27.7 Å². The van der Waals surface area contributed by atoms with Crippen molar-refractivity contribution in [1.29, 1.82) is 0 Å². The lowest BCUT2D eigenvalue weighted by Crippen LogP contribution is -2.38. The molecule has 0 aromatic heterocycles. The van der Waals surface area contributed by atoms with Crippen molar-refractivity contribution in [2.45, 2.75) is 46.6 Å². The average molecular weight is 229 g/mol. The maximum absolute atomic E-state index is 3.77. The second-order valence-electron chi connectivity index (χ2n) is 5.45. The van der Waals surface area contributed by atoms with E-state index < -0.39 is 0 Å². The molecular formula is C13H27NS. The van der Waals surface area contributed by atoms with Gasteiger partial charge in [-0.15, -0.1) is 0 Å². The molecule has 1 saturated heterocycles. The molecule has 0 atom stereocenters. The number of rotatable bonds is 5. The van der Waals surface area contributed by atoms with E-state index in [1.54, 1.807) is 0 Å². The third-order valence-corrected chi connectivity index (χ3v) is 4.62. The Morgan fingerprint density at radius 2 is 1.60 bits per heavy atom. The highest BCUT2D eigenvalue weighted by atomic mass is 32.2. The van der Waals surface area contributed by atoms with Crippen molar-refractivity contribution in [3.05, 3.63) is 0 Å². The molecule has 0 spiro atoms. The van der Waals surface area contributed by atoms with Gasteiger partial charge in [0.1, 0.15) is 0 Å². The zero-order valence-electron chi connectivity index (χ0n) is 10.8. The molecule has 0 amide bonds. The van der Waals surface area contributed by atoms with Crippen molar-refractivity contribution in [2.75, 3.05) is 18.1 Å². The second kappa shape index (κ2) is 6.80. The second-order valence-corrected chi connectivity index (χ2v) is 6.67. The van der Waals surface area contributed by atoms with Gasteiger partial charge in [0, 0.05) is 6.04 Å². The van der Waals surface area contributed by atoms with Gasteiger partial charge >= 0.3 is 0 Å². The standard InChI is InChI=1S/C13H27NS/c1-10(2)13(11(3)4)9-14-12-5-7-15-8-6-12/h10-14H,5-9H2,1-4H3. The molecule has 0 bridgehead atoms. The Bertz CT molecular complexity index is 154. The highest BCUT2D eigenvalue weighted by Gasteiger charge is 2.19. The van der Waals surface area contributed by atoms with Crippen molar-refractivity contribution in [2.24, 2.45) is 17.8 Å². The monoisotopic (exact) mass is 229 g/mol. The lowest BCUT2D eigenvalue weighted by atomic mass is 9.85. The fourth-order valence-corrected chi connectivity index (χ4v) is 3.55. The van der Waals surface area contributed by atoms with Gasteiger partial charge in [0.2, 0.25) is 0 Å². The van der Waals surface area contributed by atoms with Crippen LogP contribution in [0, 0.1) is 17.8 Å². The molecule has 1 fully saturated rings. The molecule has 1 aliphatic rings. The Kier molecular flexibility index (Phi) is 6.06. The minimum absolute atomic E-state index is 0.797. The highest BCUT2D eigenvalue weighted by molar-refractivity contribution is 7.99. The molecule has 1 nitrogen and oxygen atoms in total. The van der Waals surface area contributed by atoms with Gasteiger partial charge in [-0.3, -0.25) is 0 Å². The van der Waals surface area contributed by atoms with Gasteiger partial charge in [-0.05, 0) is 48.6 Å². The van der Waals surface area contributed by atoms with E-state index in [-0.39, 0.29) is 0 Å². The van der Waals surface area contributed by atoms with E-state index in [2.05, 4.69) is 44.8 Å². The van der Waals surface area contributed by atoms with Crippen LogP contribution in [0.1, 0.15) is 40.5 Å². The first-order chi connectivity index (χ1) is 7.11. The Morgan fingerprint density at radius 1 is 1.07 bits per heavy atom. The number of nitrogens with one attached hydrogen (secondary N) is 1. The molecule has 0 aliphatic carbocycles. The average Bonchev–Trinajstić information content (AvgIpc) is 2.18. The minimum Gasteiger partial charge on any atom is -0.314 e. The maximum atomic E-state index is 3.77. The van der Waals surface area contributed by atoms with Crippen LogP contribution in [0.15, 0.2) is 0 Å². The summed E-state index contributed by atoms with van der Waals surface area (Å²) in [6.07, 6.45) is 2.74. The summed E-state index contributed by atoms with van der Waals surface area (Å²) in [5.74, 6) is 5.14. The van der Waals surface area contributed by atoms with E-state index in [9.17, 15) is 0 Å². The highest BCUT2D eigenvalue weighted by Crippen LogP contribution is 2.21. The van der Waals surface area contributed by atoms with Crippen molar-refractivity contribution in [3.63, 3.8) is 0 Å². The summed E-state index contributed by atoms with van der Waals surface area (Å²) in [5, 5.41) is 3.77. The molecule has 0 aromatic rings. The Hall–Kier alpha value is 0.310. The van der Waals surface area contributed by atoms with Crippen molar-refractivity contribution >= 4 is 11.8 Å². The summed E-state index contributed by atoms with van der Waals surface area (Å²) in [6.45, 7) is 10.6. The van der Waals surface area contributed by atoms with Crippen LogP contribution in [-0.2, 0) is 0 Å². The molecule has 1 heterocycles. The van der Waals surface area contributed by atoms with Crippen LogP contribution in [0.25, 0.3) is 0 Å². The van der Waals surface area contributed by atoms with Crippen molar-refractivity contribution in [1.82, 2.24) is 5.32 Å². The van der Waals surface area contributed by atoms with Gasteiger partial charge in [-0.2, -0.15) is 11.8 Å². The summed E-state index contributed by atoms with van der Waals surface area (Å²) in [6, 6.07) is 0.797. The van der Waals surface area contributed by atoms with Crippen molar-refractivity contribution < 1.29 is 0 Å². The Balaban J connectivity index is 2.26. The third kappa shape index (κ3) is 4.78. The van der Waals surface area contributed by atoms with E-state index in [0.29, 0.717) is 0 Å². The molecule has 0 radical (unpaired) electrons. The fraction of sp³-hybridized carbons (Fsp3) is 1.00. The van der Waals surface area contributed by atoms with Gasteiger partial charge in [0.25, 0.3) is 0 Å². The SMILES string of the molecule is CC(C)C(CNC1CCSCC1)C(C)C. The van der Waals surface area contributed by atoms with E-state index in [4.69, 9.17) is 0 Å². The van der Waals surface area contributed by atoms with E-state index in [1.807, 2.05) is 0 Å². The lowest BCUT2D eigenvalue weighted by Gasteiger charge is -2.29. The summed E-state index contributed by atoms with van der Waals surface area (Å²) >= 11 is 2.11. The number of hydrogen-bond acceptors (Lipinski definition) is 2. The summed E-state index contributed by atoms with van der Waals surface area (Å²) in [5.41, 5.74) is 0. The number of thioether (sulfide) groups is 1. The maximum Gasteiger partial charge on any atom is 0.00828 e. The normalized spacial score (nSPS) is 19.4. The van der Waals surface area contributed by atoms with Crippen molar-refractivity contribution in [3.8, 4) is 0 Å². The molecule has 1 rings (SSSR count). The molecule has 0 saturated carbocycles. The summed E-state index contributed by atoms with van der Waals surface area (Å²) < 4.78 is 0. The zero-order chi connectivity index (χ0) is 11.3. The first kappa shape index (κ1) is 13.4. The van der Waals surface area contributed by atoms with Crippen LogP contribution >= 0.6 is 11.8 Å².